The smallest absolute Gasteiger partial charge is 0.0596 e. The number of aromatic nitrogens is 1. The van der Waals surface area contributed by atoms with Gasteiger partial charge >= 0.3 is 0 Å². The molecule has 1 aromatic rings. The van der Waals surface area contributed by atoms with Crippen molar-refractivity contribution in [3.8, 4) is 0 Å². The summed E-state index contributed by atoms with van der Waals surface area (Å²) < 4.78 is 0. The minimum absolute atomic E-state index is 0. The topological polar surface area (TPSA) is 38.9 Å². The van der Waals surface area contributed by atoms with Crippen LogP contribution in [0.25, 0.3) is 0 Å². The second-order valence-electron chi connectivity index (χ2n) is 2.94. The second kappa shape index (κ2) is 5.36. The van der Waals surface area contributed by atoms with E-state index in [9.17, 15) is 0 Å². The van der Waals surface area contributed by atoms with Crippen LogP contribution in [0.5, 0.6) is 0 Å². The third-order valence-electron chi connectivity index (χ3n) is 1.33. The Morgan fingerprint density at radius 2 is 1.83 bits per heavy atom. The summed E-state index contributed by atoms with van der Waals surface area (Å²) in [4.78, 5) is 4.12. The first-order valence-corrected chi connectivity index (χ1v) is 3.31. The van der Waals surface area contributed by atoms with Crippen molar-refractivity contribution in [3.05, 3.63) is 30.1 Å². The van der Waals surface area contributed by atoms with E-state index in [4.69, 9.17) is 5.73 Å². The lowest BCUT2D eigenvalue weighted by Gasteiger charge is -2.16. The molecule has 0 aliphatic heterocycles. The molecule has 0 saturated carbocycles. The van der Waals surface area contributed by atoms with Gasteiger partial charge in [0.05, 0.1) is 11.2 Å². The molecule has 0 saturated heterocycles. The third-order valence-corrected chi connectivity index (χ3v) is 1.33. The molecule has 1 aromatic heterocycles. The Morgan fingerprint density at radius 1 is 1.25 bits per heavy atom. The van der Waals surface area contributed by atoms with Crippen LogP contribution in [-0.4, -0.2) is 4.98 Å². The van der Waals surface area contributed by atoms with E-state index >= 15 is 0 Å². The molecule has 0 aliphatic carbocycles. The van der Waals surface area contributed by atoms with Crippen LogP contribution >= 0.6 is 24.8 Å². The quantitative estimate of drug-likeness (QED) is 0.769. The zero-order chi connectivity index (χ0) is 7.61. The van der Waals surface area contributed by atoms with Crippen molar-refractivity contribution < 1.29 is 0 Å². The summed E-state index contributed by atoms with van der Waals surface area (Å²) in [5.41, 5.74) is 6.40. The molecule has 12 heavy (non-hydrogen) atoms. The highest BCUT2D eigenvalue weighted by Gasteiger charge is 2.13. The Labute approximate surface area is 85.4 Å². The van der Waals surface area contributed by atoms with Gasteiger partial charge in [0, 0.05) is 6.20 Å². The SMILES string of the molecule is CC(C)(N)c1ccccn1.Cl.Cl. The van der Waals surface area contributed by atoms with E-state index in [0.717, 1.165) is 5.69 Å². The Bertz CT molecular complexity index is 206. The minimum atomic E-state index is -0.318. The normalized spacial score (nSPS) is 9.58. The van der Waals surface area contributed by atoms with E-state index in [1.165, 1.54) is 0 Å². The van der Waals surface area contributed by atoms with Gasteiger partial charge in [-0.3, -0.25) is 4.98 Å². The first-order valence-electron chi connectivity index (χ1n) is 3.31. The fraction of sp³-hybridized carbons (Fsp3) is 0.375. The summed E-state index contributed by atoms with van der Waals surface area (Å²) in [5, 5.41) is 0. The van der Waals surface area contributed by atoms with Crippen molar-refractivity contribution in [2.45, 2.75) is 19.4 Å². The molecule has 0 amide bonds. The van der Waals surface area contributed by atoms with Gasteiger partial charge in [0.1, 0.15) is 0 Å². The molecular formula is C8H14Cl2N2. The van der Waals surface area contributed by atoms with E-state index in [-0.39, 0.29) is 30.4 Å². The molecule has 2 nitrogen and oxygen atoms in total. The number of nitrogens with two attached hydrogens (primary N) is 1. The van der Waals surface area contributed by atoms with Gasteiger partial charge in [-0.05, 0) is 26.0 Å². The lowest BCUT2D eigenvalue weighted by atomic mass is 10.0. The lowest BCUT2D eigenvalue weighted by Crippen LogP contribution is -2.29. The molecule has 2 N–H and O–H groups in total. The van der Waals surface area contributed by atoms with Crippen molar-refractivity contribution in [1.29, 1.82) is 0 Å². The van der Waals surface area contributed by atoms with Crippen LogP contribution < -0.4 is 5.73 Å². The van der Waals surface area contributed by atoms with Gasteiger partial charge in [0.25, 0.3) is 0 Å². The van der Waals surface area contributed by atoms with Crippen LogP contribution in [-0.2, 0) is 5.54 Å². The average molecular weight is 209 g/mol. The molecular weight excluding hydrogens is 195 g/mol. The summed E-state index contributed by atoms with van der Waals surface area (Å²) >= 11 is 0. The predicted octanol–water partition coefficient (Wildman–Crippen LogP) is 2.12. The zero-order valence-electron chi connectivity index (χ0n) is 7.15. The molecule has 0 unspecified atom stereocenters. The number of halogens is 2. The Balaban J connectivity index is 0. The lowest BCUT2D eigenvalue weighted by molar-refractivity contribution is 0.535. The van der Waals surface area contributed by atoms with Crippen molar-refractivity contribution >= 4 is 24.8 Å². The highest BCUT2D eigenvalue weighted by molar-refractivity contribution is 5.85. The molecule has 0 spiro atoms. The molecule has 0 fully saturated rings. The van der Waals surface area contributed by atoms with Crippen LogP contribution in [0.2, 0.25) is 0 Å². The summed E-state index contributed by atoms with van der Waals surface area (Å²) in [6.45, 7) is 3.88. The number of rotatable bonds is 1. The Morgan fingerprint density at radius 3 is 2.08 bits per heavy atom. The summed E-state index contributed by atoms with van der Waals surface area (Å²) in [6.07, 6.45) is 1.75. The standard InChI is InChI=1S/C8H12N2.2ClH/c1-8(2,9)7-5-3-4-6-10-7;;/h3-6H,9H2,1-2H3;2*1H. The maximum Gasteiger partial charge on any atom is 0.0596 e. The summed E-state index contributed by atoms with van der Waals surface area (Å²) in [7, 11) is 0. The fourth-order valence-corrected chi connectivity index (χ4v) is 0.744. The molecule has 0 radical (unpaired) electrons. The monoisotopic (exact) mass is 208 g/mol. The van der Waals surface area contributed by atoms with Gasteiger partial charge < -0.3 is 5.73 Å². The van der Waals surface area contributed by atoms with Crippen LogP contribution in [0.3, 0.4) is 0 Å². The first kappa shape index (κ1) is 14.2. The van der Waals surface area contributed by atoms with Gasteiger partial charge in [-0.2, -0.15) is 0 Å². The largest absolute Gasteiger partial charge is 0.321 e. The maximum atomic E-state index is 5.79. The van der Waals surface area contributed by atoms with E-state index in [1.807, 2.05) is 32.0 Å². The Kier molecular flexibility index (Phi) is 6.35. The van der Waals surface area contributed by atoms with Crippen LogP contribution in [0.1, 0.15) is 19.5 Å². The van der Waals surface area contributed by atoms with Gasteiger partial charge in [0.2, 0.25) is 0 Å². The number of pyridine rings is 1. The van der Waals surface area contributed by atoms with Gasteiger partial charge in [-0.1, -0.05) is 6.07 Å². The Hall–Kier alpha value is -0.310. The summed E-state index contributed by atoms with van der Waals surface area (Å²) in [5.74, 6) is 0. The fourth-order valence-electron chi connectivity index (χ4n) is 0.744. The first-order chi connectivity index (χ1) is 4.61. The van der Waals surface area contributed by atoms with Gasteiger partial charge in [-0.25, -0.2) is 0 Å². The minimum Gasteiger partial charge on any atom is -0.321 e. The van der Waals surface area contributed by atoms with E-state index in [2.05, 4.69) is 4.98 Å². The van der Waals surface area contributed by atoms with Gasteiger partial charge in [-0.15, -0.1) is 24.8 Å². The molecule has 4 heteroatoms. The van der Waals surface area contributed by atoms with Crippen molar-refractivity contribution in [3.63, 3.8) is 0 Å². The van der Waals surface area contributed by atoms with Crippen LogP contribution in [0, 0.1) is 0 Å². The van der Waals surface area contributed by atoms with Crippen molar-refractivity contribution in [1.82, 2.24) is 4.98 Å². The number of hydrogen-bond acceptors (Lipinski definition) is 2. The summed E-state index contributed by atoms with van der Waals surface area (Å²) in [6, 6.07) is 5.76. The predicted molar refractivity (Wildman–Crippen MR) is 55.9 cm³/mol. The second-order valence-corrected chi connectivity index (χ2v) is 2.94. The van der Waals surface area contributed by atoms with Crippen LogP contribution in [0.4, 0.5) is 0 Å². The van der Waals surface area contributed by atoms with E-state index < -0.39 is 0 Å². The van der Waals surface area contributed by atoms with E-state index in [0.29, 0.717) is 0 Å². The molecule has 1 heterocycles. The molecule has 0 aromatic carbocycles. The molecule has 70 valence electrons. The molecule has 1 rings (SSSR count). The molecule has 0 atom stereocenters. The van der Waals surface area contributed by atoms with E-state index in [1.54, 1.807) is 6.20 Å². The average Bonchev–Trinajstić information content (AvgIpc) is 1.88. The number of hydrogen-bond donors (Lipinski definition) is 1. The van der Waals surface area contributed by atoms with Crippen LogP contribution in [0.15, 0.2) is 24.4 Å². The highest BCUT2D eigenvalue weighted by Crippen LogP contribution is 2.11. The van der Waals surface area contributed by atoms with Crippen molar-refractivity contribution in [2.24, 2.45) is 5.73 Å². The van der Waals surface area contributed by atoms with Crippen molar-refractivity contribution in [2.75, 3.05) is 0 Å². The number of nitrogens with zero attached hydrogens (tertiary/aromatic N) is 1. The molecule has 0 bridgehead atoms. The third kappa shape index (κ3) is 3.90. The molecule has 0 aliphatic rings. The van der Waals surface area contributed by atoms with Gasteiger partial charge in [0.15, 0.2) is 0 Å². The zero-order valence-corrected chi connectivity index (χ0v) is 8.78. The highest BCUT2D eigenvalue weighted by atomic mass is 35.5. The maximum absolute atomic E-state index is 5.79.